The van der Waals surface area contributed by atoms with Gasteiger partial charge < -0.3 is 15.1 Å². The molecule has 1 amide bonds. The van der Waals surface area contributed by atoms with Gasteiger partial charge in [0.15, 0.2) is 0 Å². The van der Waals surface area contributed by atoms with Gasteiger partial charge in [-0.05, 0) is 48.3 Å². The lowest BCUT2D eigenvalue weighted by atomic mass is 9.91. The van der Waals surface area contributed by atoms with Crippen molar-refractivity contribution in [1.29, 1.82) is 0 Å². The van der Waals surface area contributed by atoms with E-state index in [2.05, 4.69) is 13.8 Å². The molecule has 0 radical (unpaired) electrons. The van der Waals surface area contributed by atoms with Gasteiger partial charge in [0.05, 0.1) is 11.7 Å². The minimum atomic E-state index is -0.324. The molecule has 128 valence electrons. The summed E-state index contributed by atoms with van der Waals surface area (Å²) in [7, 11) is 0. The SMILES string of the molecule is CC(C)c1cc(C(=O)N2CCC[C@H](O)CC2)c(O)c(C(C)C)c1. The molecule has 1 saturated heterocycles. The molecule has 0 aliphatic carbocycles. The highest BCUT2D eigenvalue weighted by Gasteiger charge is 2.25. The van der Waals surface area contributed by atoms with Crippen molar-refractivity contribution in [1.82, 2.24) is 4.90 Å². The summed E-state index contributed by atoms with van der Waals surface area (Å²) in [5, 5.41) is 20.4. The Balaban J connectivity index is 2.38. The van der Waals surface area contributed by atoms with Gasteiger partial charge in [0.1, 0.15) is 5.75 Å². The average molecular weight is 319 g/mol. The first-order chi connectivity index (χ1) is 10.8. The Bertz CT molecular complexity index is 566. The smallest absolute Gasteiger partial charge is 0.257 e. The highest BCUT2D eigenvalue weighted by Crippen LogP contribution is 2.34. The van der Waals surface area contributed by atoms with Crippen LogP contribution in [-0.4, -0.2) is 40.2 Å². The van der Waals surface area contributed by atoms with Crippen LogP contribution in [0.5, 0.6) is 5.75 Å². The highest BCUT2D eigenvalue weighted by atomic mass is 16.3. The van der Waals surface area contributed by atoms with Gasteiger partial charge in [0, 0.05) is 13.1 Å². The molecule has 1 aromatic rings. The number of amides is 1. The Hall–Kier alpha value is -1.55. The lowest BCUT2D eigenvalue weighted by molar-refractivity contribution is 0.0750. The molecule has 0 spiro atoms. The van der Waals surface area contributed by atoms with Crippen molar-refractivity contribution in [3.8, 4) is 5.75 Å². The third kappa shape index (κ3) is 4.05. The Labute approximate surface area is 139 Å². The Morgan fingerprint density at radius 2 is 1.83 bits per heavy atom. The Morgan fingerprint density at radius 1 is 1.13 bits per heavy atom. The lowest BCUT2D eigenvalue weighted by Gasteiger charge is -2.23. The molecule has 1 aliphatic heterocycles. The van der Waals surface area contributed by atoms with Crippen molar-refractivity contribution in [3.63, 3.8) is 0 Å². The molecule has 1 aromatic carbocycles. The standard InChI is InChI=1S/C19H29NO3/c1-12(2)14-10-16(13(3)4)18(22)17(11-14)19(23)20-8-5-6-15(21)7-9-20/h10-13,15,21-22H,5-9H2,1-4H3/t15-/m0/s1. The van der Waals surface area contributed by atoms with Crippen LogP contribution in [0.1, 0.15) is 80.3 Å². The highest BCUT2D eigenvalue weighted by molar-refractivity contribution is 5.97. The van der Waals surface area contributed by atoms with E-state index in [1.54, 1.807) is 4.90 Å². The number of phenolic OH excluding ortho intramolecular Hbond substituents is 1. The van der Waals surface area contributed by atoms with Gasteiger partial charge in [-0.1, -0.05) is 33.8 Å². The first kappa shape index (κ1) is 17.8. The maximum Gasteiger partial charge on any atom is 0.257 e. The number of hydrogen-bond acceptors (Lipinski definition) is 3. The number of rotatable bonds is 3. The zero-order valence-electron chi connectivity index (χ0n) is 14.7. The fourth-order valence-electron chi connectivity index (χ4n) is 3.07. The van der Waals surface area contributed by atoms with Crippen LogP contribution >= 0.6 is 0 Å². The quantitative estimate of drug-likeness (QED) is 0.894. The summed E-state index contributed by atoms with van der Waals surface area (Å²) in [4.78, 5) is 14.7. The fraction of sp³-hybridized carbons (Fsp3) is 0.632. The normalized spacial score (nSPS) is 19.3. The van der Waals surface area contributed by atoms with Crippen molar-refractivity contribution in [2.75, 3.05) is 13.1 Å². The maximum atomic E-state index is 12.9. The maximum absolute atomic E-state index is 12.9. The minimum absolute atomic E-state index is 0.110. The van der Waals surface area contributed by atoms with Gasteiger partial charge in [0.25, 0.3) is 5.91 Å². The predicted octanol–water partition coefficient (Wildman–Crippen LogP) is 3.63. The van der Waals surface area contributed by atoms with E-state index < -0.39 is 0 Å². The fourth-order valence-corrected chi connectivity index (χ4v) is 3.07. The van der Waals surface area contributed by atoms with E-state index in [1.165, 1.54) is 0 Å². The van der Waals surface area contributed by atoms with E-state index in [0.717, 1.165) is 24.0 Å². The number of aliphatic hydroxyl groups is 1. The van der Waals surface area contributed by atoms with Crippen LogP contribution in [0.2, 0.25) is 0 Å². The van der Waals surface area contributed by atoms with Gasteiger partial charge in [-0.2, -0.15) is 0 Å². The van der Waals surface area contributed by atoms with E-state index in [4.69, 9.17) is 0 Å². The molecule has 0 saturated carbocycles. The molecule has 2 rings (SSSR count). The summed E-state index contributed by atoms with van der Waals surface area (Å²) in [5.41, 5.74) is 2.30. The van der Waals surface area contributed by atoms with Gasteiger partial charge >= 0.3 is 0 Å². The molecule has 1 aliphatic rings. The number of aromatic hydroxyl groups is 1. The monoisotopic (exact) mass is 319 g/mol. The zero-order chi connectivity index (χ0) is 17.1. The van der Waals surface area contributed by atoms with E-state index in [-0.39, 0.29) is 23.7 Å². The van der Waals surface area contributed by atoms with Crippen LogP contribution in [0.4, 0.5) is 0 Å². The van der Waals surface area contributed by atoms with Gasteiger partial charge in [-0.25, -0.2) is 0 Å². The number of benzene rings is 1. The number of phenols is 1. The second kappa shape index (κ2) is 7.35. The van der Waals surface area contributed by atoms with E-state index in [1.807, 2.05) is 26.0 Å². The molecular formula is C19H29NO3. The van der Waals surface area contributed by atoms with Crippen molar-refractivity contribution in [3.05, 3.63) is 28.8 Å². The number of likely N-dealkylation sites (tertiary alicyclic amines) is 1. The van der Waals surface area contributed by atoms with E-state index >= 15 is 0 Å². The summed E-state index contributed by atoms with van der Waals surface area (Å²) in [5.74, 6) is 0.442. The van der Waals surface area contributed by atoms with Crippen LogP contribution < -0.4 is 0 Å². The second-order valence-corrected chi connectivity index (χ2v) is 7.19. The molecule has 1 fully saturated rings. The summed E-state index contributed by atoms with van der Waals surface area (Å²) in [6.07, 6.45) is 1.82. The number of carbonyl (C=O) groups excluding carboxylic acids is 1. The molecule has 2 N–H and O–H groups in total. The summed E-state index contributed by atoms with van der Waals surface area (Å²) in [6.45, 7) is 9.41. The average Bonchev–Trinajstić information content (AvgIpc) is 2.71. The second-order valence-electron chi connectivity index (χ2n) is 7.19. The molecule has 0 unspecified atom stereocenters. The van der Waals surface area contributed by atoms with E-state index in [9.17, 15) is 15.0 Å². The Kier molecular flexibility index (Phi) is 5.69. The van der Waals surface area contributed by atoms with Crippen LogP contribution in [0.15, 0.2) is 12.1 Å². The van der Waals surface area contributed by atoms with Crippen LogP contribution in [0.25, 0.3) is 0 Å². The molecule has 4 nitrogen and oxygen atoms in total. The predicted molar refractivity (Wildman–Crippen MR) is 92.0 cm³/mol. The molecule has 1 heterocycles. The van der Waals surface area contributed by atoms with Crippen LogP contribution in [0, 0.1) is 0 Å². The van der Waals surface area contributed by atoms with Crippen molar-refractivity contribution in [2.24, 2.45) is 0 Å². The largest absolute Gasteiger partial charge is 0.507 e. The van der Waals surface area contributed by atoms with Crippen molar-refractivity contribution in [2.45, 2.75) is 64.9 Å². The first-order valence-corrected chi connectivity index (χ1v) is 8.65. The third-order valence-electron chi connectivity index (χ3n) is 4.67. The number of carbonyl (C=O) groups is 1. The molecule has 23 heavy (non-hydrogen) atoms. The van der Waals surface area contributed by atoms with Gasteiger partial charge in [0.2, 0.25) is 0 Å². The molecule has 1 atom stereocenters. The van der Waals surface area contributed by atoms with Crippen LogP contribution in [-0.2, 0) is 0 Å². The van der Waals surface area contributed by atoms with Gasteiger partial charge in [-0.15, -0.1) is 0 Å². The molecule has 0 aromatic heterocycles. The van der Waals surface area contributed by atoms with Crippen molar-refractivity contribution < 1.29 is 15.0 Å². The lowest BCUT2D eigenvalue weighted by Crippen LogP contribution is -2.32. The molecule has 0 bridgehead atoms. The molecular weight excluding hydrogens is 290 g/mol. The Morgan fingerprint density at radius 3 is 2.43 bits per heavy atom. The number of hydrogen-bond donors (Lipinski definition) is 2. The summed E-state index contributed by atoms with van der Waals surface area (Å²) in [6, 6.07) is 3.84. The number of nitrogens with zero attached hydrogens (tertiary/aromatic N) is 1. The summed E-state index contributed by atoms with van der Waals surface area (Å²) >= 11 is 0. The summed E-state index contributed by atoms with van der Waals surface area (Å²) < 4.78 is 0. The van der Waals surface area contributed by atoms with Gasteiger partial charge in [-0.3, -0.25) is 4.79 Å². The van der Waals surface area contributed by atoms with Crippen molar-refractivity contribution >= 4 is 5.91 Å². The zero-order valence-corrected chi connectivity index (χ0v) is 14.7. The third-order valence-corrected chi connectivity index (χ3v) is 4.67. The minimum Gasteiger partial charge on any atom is -0.507 e. The molecule has 4 heteroatoms. The number of aliphatic hydroxyl groups excluding tert-OH is 1. The first-order valence-electron chi connectivity index (χ1n) is 8.65. The van der Waals surface area contributed by atoms with Crippen LogP contribution in [0.3, 0.4) is 0 Å². The van der Waals surface area contributed by atoms with E-state index in [0.29, 0.717) is 31.0 Å². The topological polar surface area (TPSA) is 60.8 Å².